The van der Waals surface area contributed by atoms with Crippen LogP contribution in [-0.2, 0) is 29.6 Å². The van der Waals surface area contributed by atoms with E-state index in [1.807, 2.05) is 0 Å². The Morgan fingerprint density at radius 3 is 2.48 bits per heavy atom. The Hall–Kier alpha value is -4.33. The number of hydrogen-bond donors (Lipinski definition) is 2. The number of amides is 1. The molecule has 3 heterocycles. The maximum Gasteiger partial charge on any atom is 0.401 e. The van der Waals surface area contributed by atoms with Gasteiger partial charge in [0.2, 0.25) is 11.8 Å². The first kappa shape index (κ1) is 28.7. The van der Waals surface area contributed by atoms with Crippen LogP contribution in [0, 0.1) is 5.82 Å². The van der Waals surface area contributed by atoms with E-state index >= 15 is 0 Å². The number of nitrogens with one attached hydrogen (secondary N) is 1. The average molecular weight is 563 g/mol. The molecule has 3 aromatic heterocycles. The first-order valence-electron chi connectivity index (χ1n) is 12.1. The molecule has 0 aliphatic carbocycles. The summed E-state index contributed by atoms with van der Waals surface area (Å²) in [6, 6.07) is 5.26. The Morgan fingerprint density at radius 2 is 1.85 bits per heavy atom. The van der Waals surface area contributed by atoms with Crippen LogP contribution in [0.2, 0.25) is 0 Å². The van der Waals surface area contributed by atoms with Crippen molar-refractivity contribution in [3.8, 4) is 17.0 Å². The number of carbonyl (C=O) groups excluding carboxylic acids is 1. The number of rotatable bonds is 10. The van der Waals surface area contributed by atoms with Gasteiger partial charge in [-0.05, 0) is 31.0 Å². The molecular weight excluding hydrogens is 536 g/mol. The number of halogens is 4. The van der Waals surface area contributed by atoms with E-state index in [1.54, 1.807) is 29.3 Å². The molecule has 4 aromatic rings. The number of carbonyl (C=O) groups is 1. The number of benzene rings is 1. The number of aliphatic hydroxyl groups excluding tert-OH is 1. The van der Waals surface area contributed by atoms with Crippen LogP contribution >= 0.6 is 0 Å². The van der Waals surface area contributed by atoms with Crippen molar-refractivity contribution < 1.29 is 36.7 Å². The van der Waals surface area contributed by atoms with Gasteiger partial charge >= 0.3 is 6.18 Å². The van der Waals surface area contributed by atoms with Gasteiger partial charge in [0, 0.05) is 42.2 Å². The maximum absolute atomic E-state index is 14.8. The summed E-state index contributed by atoms with van der Waals surface area (Å²) >= 11 is 0. The third-order valence-electron chi connectivity index (χ3n) is 6.21. The van der Waals surface area contributed by atoms with Crippen molar-refractivity contribution in [3.05, 3.63) is 71.4 Å². The molecule has 2 N–H and O–H groups in total. The summed E-state index contributed by atoms with van der Waals surface area (Å²) < 4.78 is 66.0. The zero-order valence-corrected chi connectivity index (χ0v) is 21.8. The zero-order valence-electron chi connectivity index (χ0n) is 21.8. The molecule has 0 saturated carbocycles. The van der Waals surface area contributed by atoms with Crippen LogP contribution in [0.1, 0.15) is 36.6 Å². The van der Waals surface area contributed by atoms with Gasteiger partial charge in [0.15, 0.2) is 11.6 Å². The standard InChI is InChI=1S/C26H26F4N6O4/c1-25(2,26(28,29)30)20-11-22(35-40-20)33-23(38)10-16-5-4-15(8-19(16)27)18-12-31-21(32-13-18)9-17-14-36(6-7-37)34-24(17)39-3/h4-5,8,11-14,37H,6-7,9-10H2,1-3H3,(H,33,35,38). The van der Waals surface area contributed by atoms with Crippen LogP contribution in [0.5, 0.6) is 5.88 Å². The minimum atomic E-state index is -4.58. The van der Waals surface area contributed by atoms with Crippen LogP contribution in [-0.4, -0.2) is 55.8 Å². The van der Waals surface area contributed by atoms with E-state index in [-0.39, 0.29) is 24.4 Å². The molecule has 0 radical (unpaired) electrons. The minimum absolute atomic E-state index is 0.0677. The first-order chi connectivity index (χ1) is 18.9. The second-order valence-electron chi connectivity index (χ2n) is 9.45. The summed E-state index contributed by atoms with van der Waals surface area (Å²) in [7, 11) is 1.49. The summed E-state index contributed by atoms with van der Waals surface area (Å²) in [5.41, 5.74) is -0.460. The first-order valence-corrected chi connectivity index (χ1v) is 12.1. The number of nitrogens with zero attached hydrogens (tertiary/aromatic N) is 5. The van der Waals surface area contributed by atoms with Crippen molar-refractivity contribution in [2.24, 2.45) is 0 Å². The van der Waals surface area contributed by atoms with Gasteiger partial charge in [-0.1, -0.05) is 17.3 Å². The van der Waals surface area contributed by atoms with E-state index in [2.05, 4.69) is 25.5 Å². The lowest BCUT2D eigenvalue weighted by molar-refractivity contribution is -0.185. The molecule has 14 heteroatoms. The Balaban J connectivity index is 1.40. The van der Waals surface area contributed by atoms with Gasteiger partial charge in [-0.25, -0.2) is 14.4 Å². The van der Waals surface area contributed by atoms with Gasteiger partial charge in [-0.15, -0.1) is 5.10 Å². The molecule has 1 aromatic carbocycles. The number of hydrogen-bond acceptors (Lipinski definition) is 8. The Kier molecular flexibility index (Phi) is 8.18. The summed E-state index contributed by atoms with van der Waals surface area (Å²) in [6.07, 6.45) is 0.192. The van der Waals surface area contributed by atoms with E-state index in [0.29, 0.717) is 35.8 Å². The number of methoxy groups -OCH3 is 1. The molecule has 4 rings (SSSR count). The average Bonchev–Trinajstić information content (AvgIpc) is 3.52. The van der Waals surface area contributed by atoms with Crippen molar-refractivity contribution in [1.82, 2.24) is 24.9 Å². The van der Waals surface area contributed by atoms with Crippen molar-refractivity contribution in [1.29, 1.82) is 0 Å². The lowest BCUT2D eigenvalue weighted by atomic mass is 9.89. The zero-order chi connectivity index (χ0) is 29.1. The quantitative estimate of drug-likeness (QED) is 0.277. The predicted molar refractivity (Wildman–Crippen MR) is 134 cm³/mol. The fourth-order valence-electron chi connectivity index (χ4n) is 3.72. The number of ether oxygens (including phenoxy) is 1. The van der Waals surface area contributed by atoms with Crippen LogP contribution in [0.3, 0.4) is 0 Å². The fourth-order valence-corrected chi connectivity index (χ4v) is 3.72. The predicted octanol–water partition coefficient (Wildman–Crippen LogP) is 4.08. The van der Waals surface area contributed by atoms with E-state index in [0.717, 1.165) is 25.5 Å². The lowest BCUT2D eigenvalue weighted by Gasteiger charge is -2.24. The van der Waals surface area contributed by atoms with E-state index in [4.69, 9.17) is 14.4 Å². The largest absolute Gasteiger partial charge is 0.480 e. The monoisotopic (exact) mass is 562 g/mol. The highest BCUT2D eigenvalue weighted by atomic mass is 19.4. The molecule has 0 spiro atoms. The van der Waals surface area contributed by atoms with E-state index in [1.165, 1.54) is 19.2 Å². The Morgan fingerprint density at radius 1 is 1.12 bits per heavy atom. The molecule has 0 aliphatic heterocycles. The van der Waals surface area contributed by atoms with Crippen LogP contribution < -0.4 is 10.1 Å². The minimum Gasteiger partial charge on any atom is -0.480 e. The Labute approximate surface area is 226 Å². The van der Waals surface area contributed by atoms with Crippen molar-refractivity contribution in [3.63, 3.8) is 0 Å². The fraction of sp³-hybridized carbons (Fsp3) is 0.346. The van der Waals surface area contributed by atoms with Gasteiger partial charge in [-0.2, -0.15) is 13.2 Å². The highest BCUT2D eigenvalue weighted by Crippen LogP contribution is 2.41. The molecule has 0 unspecified atom stereocenters. The van der Waals surface area contributed by atoms with Crippen LogP contribution in [0.15, 0.2) is 47.4 Å². The SMILES string of the molecule is COc1nn(CCO)cc1Cc1ncc(-c2ccc(CC(=O)Nc3cc(C(C)(C)C(F)(F)F)on3)c(F)c2)cn1. The summed E-state index contributed by atoms with van der Waals surface area (Å²) in [4.78, 5) is 21.1. The molecule has 40 heavy (non-hydrogen) atoms. The molecule has 1 amide bonds. The molecule has 212 valence electrons. The van der Waals surface area contributed by atoms with Gasteiger partial charge in [0.25, 0.3) is 0 Å². The highest BCUT2D eigenvalue weighted by Gasteiger charge is 2.51. The molecule has 0 atom stereocenters. The van der Waals surface area contributed by atoms with Gasteiger partial charge < -0.3 is 19.7 Å². The van der Waals surface area contributed by atoms with Crippen LogP contribution in [0.4, 0.5) is 23.4 Å². The normalized spacial score (nSPS) is 12.0. The molecular formula is C26H26F4N6O4. The van der Waals surface area contributed by atoms with Gasteiger partial charge in [0.1, 0.15) is 17.1 Å². The smallest absolute Gasteiger partial charge is 0.401 e. The number of aromatic nitrogens is 5. The topological polar surface area (TPSA) is 128 Å². The van der Waals surface area contributed by atoms with Crippen molar-refractivity contribution in [2.75, 3.05) is 19.0 Å². The van der Waals surface area contributed by atoms with Gasteiger partial charge in [-0.3, -0.25) is 9.48 Å². The second-order valence-corrected chi connectivity index (χ2v) is 9.45. The highest BCUT2D eigenvalue weighted by molar-refractivity contribution is 5.91. The Bertz CT molecular complexity index is 1480. The van der Waals surface area contributed by atoms with Gasteiger partial charge in [0.05, 0.1) is 26.7 Å². The molecule has 0 saturated heterocycles. The summed E-state index contributed by atoms with van der Waals surface area (Å²) in [6.45, 7) is 2.12. The molecule has 0 aliphatic rings. The summed E-state index contributed by atoms with van der Waals surface area (Å²) in [5, 5.41) is 19.1. The third-order valence-corrected chi connectivity index (χ3v) is 6.21. The van der Waals surface area contributed by atoms with Crippen LogP contribution in [0.25, 0.3) is 11.1 Å². The number of anilines is 1. The maximum atomic E-state index is 14.8. The summed E-state index contributed by atoms with van der Waals surface area (Å²) in [5.74, 6) is -1.12. The van der Waals surface area contributed by atoms with Crippen molar-refractivity contribution >= 4 is 11.7 Å². The van der Waals surface area contributed by atoms with Crippen molar-refractivity contribution in [2.45, 2.75) is 44.8 Å². The van der Waals surface area contributed by atoms with E-state index in [9.17, 15) is 22.4 Å². The molecule has 0 bridgehead atoms. The third kappa shape index (κ3) is 6.28. The molecule has 10 nitrogen and oxygen atoms in total. The lowest BCUT2D eigenvalue weighted by Crippen LogP contribution is -2.35. The van der Waals surface area contributed by atoms with E-state index < -0.39 is 29.1 Å². The second kappa shape index (κ2) is 11.4. The number of aliphatic hydroxyl groups is 1. The number of alkyl halides is 3. The molecule has 0 fully saturated rings.